The fourth-order valence-corrected chi connectivity index (χ4v) is 6.15. The lowest BCUT2D eigenvalue weighted by molar-refractivity contribution is 0.0697. The van der Waals surface area contributed by atoms with Gasteiger partial charge in [-0.05, 0) is 44.2 Å². The molecule has 3 heterocycles. The van der Waals surface area contributed by atoms with Crippen LogP contribution in [0.1, 0.15) is 21.7 Å². The maximum absolute atomic E-state index is 13.2. The molecule has 0 atom stereocenters. The number of aromatic nitrogens is 2. The SMILES string of the molecule is Cc1cc(C(=O)N2CCN(S(=O)(=O)c3cccc(Cl)c3Cl)CC2)c(C)n1-c1cccnc1. The Morgan fingerprint density at radius 3 is 2.41 bits per heavy atom. The quantitative estimate of drug-likeness (QED) is 0.552. The molecule has 32 heavy (non-hydrogen) atoms. The van der Waals surface area contributed by atoms with Crippen LogP contribution in [-0.2, 0) is 10.0 Å². The molecule has 3 aromatic rings. The maximum atomic E-state index is 13.2. The molecule has 0 radical (unpaired) electrons. The summed E-state index contributed by atoms with van der Waals surface area (Å²) in [4.78, 5) is 19.1. The smallest absolute Gasteiger partial charge is 0.255 e. The van der Waals surface area contributed by atoms with Gasteiger partial charge < -0.3 is 9.47 Å². The second-order valence-electron chi connectivity index (χ2n) is 7.58. The summed E-state index contributed by atoms with van der Waals surface area (Å²) in [6.45, 7) is 4.77. The van der Waals surface area contributed by atoms with Crippen molar-refractivity contribution >= 4 is 39.1 Å². The van der Waals surface area contributed by atoms with Crippen molar-refractivity contribution in [1.29, 1.82) is 0 Å². The standard InChI is InChI=1S/C22H22Cl2N4O3S/c1-15-13-18(16(2)28(15)17-5-4-8-25-14-17)22(29)26-9-11-27(12-10-26)32(30,31)20-7-3-6-19(23)21(20)24/h3-8,13-14H,9-12H2,1-2H3. The van der Waals surface area contributed by atoms with Crippen molar-refractivity contribution in [2.45, 2.75) is 18.7 Å². The molecule has 1 amide bonds. The minimum atomic E-state index is -3.81. The Bertz CT molecular complexity index is 1270. The van der Waals surface area contributed by atoms with Crippen molar-refractivity contribution < 1.29 is 13.2 Å². The third-order valence-electron chi connectivity index (χ3n) is 5.63. The fraction of sp³-hybridized carbons (Fsp3) is 0.273. The number of aryl methyl sites for hydroxylation is 1. The number of hydrogen-bond acceptors (Lipinski definition) is 4. The van der Waals surface area contributed by atoms with Crippen LogP contribution >= 0.6 is 23.2 Å². The summed E-state index contributed by atoms with van der Waals surface area (Å²) in [7, 11) is -3.81. The first kappa shape index (κ1) is 22.8. The second kappa shape index (κ2) is 8.86. The van der Waals surface area contributed by atoms with Crippen molar-refractivity contribution in [1.82, 2.24) is 18.8 Å². The van der Waals surface area contributed by atoms with E-state index in [4.69, 9.17) is 23.2 Å². The van der Waals surface area contributed by atoms with Crippen molar-refractivity contribution in [3.8, 4) is 5.69 Å². The Balaban J connectivity index is 1.52. The van der Waals surface area contributed by atoms with E-state index in [0.717, 1.165) is 17.1 Å². The van der Waals surface area contributed by atoms with Crippen LogP contribution in [0.15, 0.2) is 53.7 Å². The van der Waals surface area contributed by atoms with Gasteiger partial charge in [0, 0.05) is 43.8 Å². The minimum absolute atomic E-state index is 0.00974. The second-order valence-corrected chi connectivity index (χ2v) is 10.3. The molecule has 1 fully saturated rings. The minimum Gasteiger partial charge on any atom is -0.336 e. The summed E-state index contributed by atoms with van der Waals surface area (Å²) in [5.74, 6) is -0.119. The fourth-order valence-electron chi connectivity index (χ4n) is 3.99. The molecule has 4 rings (SSSR count). The Morgan fingerprint density at radius 2 is 1.75 bits per heavy atom. The van der Waals surface area contributed by atoms with E-state index in [0.29, 0.717) is 5.56 Å². The van der Waals surface area contributed by atoms with Gasteiger partial charge in [0.25, 0.3) is 5.91 Å². The zero-order valence-corrected chi connectivity index (χ0v) is 20.0. The van der Waals surface area contributed by atoms with E-state index in [1.54, 1.807) is 29.4 Å². The van der Waals surface area contributed by atoms with Gasteiger partial charge in [0.1, 0.15) is 4.90 Å². The lowest BCUT2D eigenvalue weighted by Gasteiger charge is -2.34. The molecule has 0 saturated carbocycles. The Morgan fingerprint density at radius 1 is 1.03 bits per heavy atom. The van der Waals surface area contributed by atoms with Gasteiger partial charge in [-0.25, -0.2) is 8.42 Å². The number of amides is 1. The van der Waals surface area contributed by atoms with E-state index in [1.165, 1.54) is 10.4 Å². The Hall–Kier alpha value is -2.39. The van der Waals surface area contributed by atoms with E-state index >= 15 is 0 Å². The van der Waals surface area contributed by atoms with Crippen LogP contribution in [0.25, 0.3) is 5.69 Å². The molecule has 2 aromatic heterocycles. The number of hydrogen-bond donors (Lipinski definition) is 0. The molecular weight excluding hydrogens is 471 g/mol. The predicted octanol–water partition coefficient (Wildman–Crippen LogP) is 3.94. The van der Waals surface area contributed by atoms with E-state index in [1.807, 2.05) is 36.6 Å². The van der Waals surface area contributed by atoms with Gasteiger partial charge in [-0.3, -0.25) is 9.78 Å². The van der Waals surface area contributed by atoms with Gasteiger partial charge in [-0.2, -0.15) is 4.31 Å². The number of halogens is 2. The summed E-state index contributed by atoms with van der Waals surface area (Å²) in [5.41, 5.74) is 3.23. The van der Waals surface area contributed by atoms with Crippen LogP contribution in [0.4, 0.5) is 0 Å². The van der Waals surface area contributed by atoms with Crippen LogP contribution in [0.2, 0.25) is 10.0 Å². The highest BCUT2D eigenvalue weighted by atomic mass is 35.5. The summed E-state index contributed by atoms with van der Waals surface area (Å²) >= 11 is 12.1. The molecule has 0 N–H and O–H groups in total. The first-order valence-corrected chi connectivity index (χ1v) is 12.2. The van der Waals surface area contributed by atoms with Crippen LogP contribution < -0.4 is 0 Å². The van der Waals surface area contributed by atoms with Crippen molar-refractivity contribution in [3.05, 3.63) is 75.8 Å². The normalized spacial score (nSPS) is 15.2. The number of rotatable bonds is 4. The highest BCUT2D eigenvalue weighted by Gasteiger charge is 2.33. The number of pyridine rings is 1. The van der Waals surface area contributed by atoms with Crippen molar-refractivity contribution in [2.24, 2.45) is 0 Å². The Kier molecular flexibility index (Phi) is 6.31. The molecule has 0 unspecified atom stereocenters. The molecule has 0 aliphatic carbocycles. The number of benzene rings is 1. The summed E-state index contributed by atoms with van der Waals surface area (Å²) in [6.07, 6.45) is 3.45. The van der Waals surface area contributed by atoms with E-state index < -0.39 is 10.0 Å². The van der Waals surface area contributed by atoms with Crippen LogP contribution in [-0.4, -0.2) is 59.3 Å². The van der Waals surface area contributed by atoms with Crippen molar-refractivity contribution in [3.63, 3.8) is 0 Å². The lowest BCUT2D eigenvalue weighted by atomic mass is 10.2. The number of sulfonamides is 1. The van der Waals surface area contributed by atoms with E-state index in [2.05, 4.69) is 4.98 Å². The zero-order chi connectivity index (χ0) is 23.0. The first-order valence-electron chi connectivity index (χ1n) is 10.0. The highest BCUT2D eigenvalue weighted by molar-refractivity contribution is 7.89. The molecule has 1 aromatic carbocycles. The molecular formula is C22H22Cl2N4O3S. The third kappa shape index (κ3) is 4.03. The van der Waals surface area contributed by atoms with Gasteiger partial charge in [0.05, 0.1) is 27.5 Å². The molecule has 1 aliphatic heterocycles. The Labute approximate surface area is 197 Å². The first-order chi connectivity index (χ1) is 15.2. The topological polar surface area (TPSA) is 75.5 Å². The monoisotopic (exact) mass is 492 g/mol. The van der Waals surface area contributed by atoms with Gasteiger partial charge >= 0.3 is 0 Å². The largest absolute Gasteiger partial charge is 0.336 e. The van der Waals surface area contributed by atoms with Crippen LogP contribution in [0.5, 0.6) is 0 Å². The third-order valence-corrected chi connectivity index (χ3v) is 8.50. The number of nitrogens with zero attached hydrogens (tertiary/aromatic N) is 4. The zero-order valence-electron chi connectivity index (χ0n) is 17.6. The van der Waals surface area contributed by atoms with E-state index in [9.17, 15) is 13.2 Å². The van der Waals surface area contributed by atoms with Crippen LogP contribution in [0.3, 0.4) is 0 Å². The van der Waals surface area contributed by atoms with Gasteiger partial charge in [0.15, 0.2) is 0 Å². The van der Waals surface area contributed by atoms with Gasteiger partial charge in [-0.1, -0.05) is 29.3 Å². The molecule has 1 aliphatic rings. The molecule has 10 heteroatoms. The maximum Gasteiger partial charge on any atom is 0.255 e. The van der Waals surface area contributed by atoms with Crippen LogP contribution in [0, 0.1) is 13.8 Å². The number of carbonyl (C=O) groups is 1. The number of piperazine rings is 1. The van der Waals surface area contributed by atoms with Gasteiger partial charge in [0.2, 0.25) is 10.0 Å². The average Bonchev–Trinajstić information content (AvgIpc) is 3.09. The average molecular weight is 493 g/mol. The van der Waals surface area contributed by atoms with Gasteiger partial charge in [-0.15, -0.1) is 0 Å². The predicted molar refractivity (Wildman–Crippen MR) is 124 cm³/mol. The lowest BCUT2D eigenvalue weighted by Crippen LogP contribution is -2.50. The highest BCUT2D eigenvalue weighted by Crippen LogP contribution is 2.31. The molecule has 0 spiro atoms. The summed E-state index contributed by atoms with van der Waals surface area (Å²) in [6, 6.07) is 10.2. The van der Waals surface area contributed by atoms with E-state index in [-0.39, 0.29) is 47.0 Å². The number of carbonyl (C=O) groups excluding carboxylic acids is 1. The molecule has 7 nitrogen and oxygen atoms in total. The molecule has 168 valence electrons. The van der Waals surface area contributed by atoms with Crippen molar-refractivity contribution in [2.75, 3.05) is 26.2 Å². The molecule has 0 bridgehead atoms. The summed E-state index contributed by atoms with van der Waals surface area (Å²) in [5, 5.41) is 0.195. The molecule has 1 saturated heterocycles. The summed E-state index contributed by atoms with van der Waals surface area (Å²) < 4.78 is 29.4.